The normalized spacial score (nSPS) is 10.6. The second-order valence-corrected chi connectivity index (χ2v) is 7.99. The van der Waals surface area contributed by atoms with Crippen LogP contribution in [0.4, 0.5) is 0 Å². The standard InChI is InChI=1S/2C15H13O2.Ti/c2*1-16-14-8-7-12-11-6-4-3-5-10(11)9-13(12)15(14)17-2;/h2*3-9H,1-2H3;/q2*-1;+2. The summed E-state index contributed by atoms with van der Waals surface area (Å²) in [5.74, 6) is 3.16. The van der Waals surface area contributed by atoms with E-state index in [9.17, 15) is 0 Å². The number of hydrogen-bond donors (Lipinski definition) is 0. The number of fused-ring (bicyclic) bond motifs is 6. The summed E-state index contributed by atoms with van der Waals surface area (Å²) in [6.45, 7) is 0. The Hall–Kier alpha value is -3.47. The molecule has 0 saturated heterocycles. The molecular formula is C30H26O4Ti. The van der Waals surface area contributed by atoms with Crippen LogP contribution in [0.2, 0.25) is 0 Å². The topological polar surface area (TPSA) is 36.9 Å². The van der Waals surface area contributed by atoms with Crippen molar-refractivity contribution in [2.24, 2.45) is 0 Å². The Balaban J connectivity index is 0.000000160. The van der Waals surface area contributed by atoms with Crippen LogP contribution < -0.4 is 18.9 Å². The monoisotopic (exact) mass is 498 g/mol. The molecule has 0 aliphatic heterocycles. The van der Waals surface area contributed by atoms with Crippen LogP contribution in [0.25, 0.3) is 43.1 Å². The molecule has 0 saturated carbocycles. The molecule has 0 radical (unpaired) electrons. The molecule has 0 N–H and O–H groups in total. The van der Waals surface area contributed by atoms with Crippen LogP contribution in [0.15, 0.2) is 84.9 Å². The van der Waals surface area contributed by atoms with Gasteiger partial charge in [0.15, 0.2) is 0 Å². The molecule has 0 atom stereocenters. The fourth-order valence-corrected chi connectivity index (χ4v) is 4.71. The molecule has 174 valence electrons. The van der Waals surface area contributed by atoms with E-state index in [1.807, 2.05) is 24.3 Å². The van der Waals surface area contributed by atoms with Crippen molar-refractivity contribution < 1.29 is 40.7 Å². The fourth-order valence-electron chi connectivity index (χ4n) is 4.71. The Morgan fingerprint density at radius 1 is 0.457 bits per heavy atom. The maximum Gasteiger partial charge on any atom is 2.00 e. The van der Waals surface area contributed by atoms with Gasteiger partial charge in [-0.2, -0.15) is 0 Å². The van der Waals surface area contributed by atoms with Gasteiger partial charge in [-0.25, -0.2) is 0 Å². The van der Waals surface area contributed by atoms with E-state index >= 15 is 0 Å². The molecule has 0 amide bonds. The predicted molar refractivity (Wildman–Crippen MR) is 140 cm³/mol. The van der Waals surface area contributed by atoms with Gasteiger partial charge in [0.2, 0.25) is 0 Å². The van der Waals surface area contributed by atoms with Crippen LogP contribution in [-0.4, -0.2) is 28.4 Å². The number of methoxy groups -OCH3 is 4. The molecule has 0 heterocycles. The summed E-state index contributed by atoms with van der Waals surface area (Å²) in [6, 6.07) is 29.0. The maximum absolute atomic E-state index is 5.45. The number of hydrogen-bond acceptors (Lipinski definition) is 4. The molecule has 0 bridgehead atoms. The van der Waals surface area contributed by atoms with Gasteiger partial charge in [0, 0.05) is 0 Å². The second kappa shape index (κ2) is 10.4. The minimum Gasteiger partial charge on any atom is -0.527 e. The van der Waals surface area contributed by atoms with Crippen LogP contribution in [-0.2, 0) is 21.7 Å². The van der Waals surface area contributed by atoms with Crippen molar-refractivity contribution in [2.75, 3.05) is 28.4 Å². The van der Waals surface area contributed by atoms with Crippen molar-refractivity contribution in [1.82, 2.24) is 0 Å². The van der Waals surface area contributed by atoms with E-state index in [0.717, 1.165) is 33.8 Å². The van der Waals surface area contributed by atoms with Crippen molar-refractivity contribution in [1.29, 1.82) is 0 Å². The average molecular weight is 498 g/mol. The van der Waals surface area contributed by atoms with Gasteiger partial charge in [-0.05, 0) is 12.1 Å². The first-order valence-corrected chi connectivity index (χ1v) is 11.1. The molecule has 6 rings (SSSR count). The van der Waals surface area contributed by atoms with Gasteiger partial charge in [0.25, 0.3) is 0 Å². The summed E-state index contributed by atoms with van der Waals surface area (Å²) >= 11 is 0. The molecule has 5 heteroatoms. The Labute approximate surface area is 219 Å². The van der Waals surface area contributed by atoms with Crippen molar-refractivity contribution in [2.45, 2.75) is 0 Å². The first-order valence-electron chi connectivity index (χ1n) is 11.1. The smallest absolute Gasteiger partial charge is 0.527 e. The summed E-state index contributed by atoms with van der Waals surface area (Å²) in [6.07, 6.45) is 0. The van der Waals surface area contributed by atoms with Gasteiger partial charge in [-0.3, -0.25) is 0 Å². The van der Waals surface area contributed by atoms with Crippen LogP contribution in [0, 0.1) is 0 Å². The second-order valence-electron chi connectivity index (χ2n) is 7.99. The van der Waals surface area contributed by atoms with Crippen molar-refractivity contribution in [3.05, 3.63) is 84.9 Å². The van der Waals surface area contributed by atoms with E-state index in [1.54, 1.807) is 28.4 Å². The Kier molecular flexibility index (Phi) is 7.35. The summed E-state index contributed by atoms with van der Waals surface area (Å²) in [5, 5.41) is 9.59. The van der Waals surface area contributed by atoms with Gasteiger partial charge < -0.3 is 18.9 Å². The molecule has 0 unspecified atom stereocenters. The van der Waals surface area contributed by atoms with E-state index in [2.05, 4.69) is 60.7 Å². The van der Waals surface area contributed by atoms with E-state index in [4.69, 9.17) is 18.9 Å². The molecule has 6 aromatic rings. The van der Waals surface area contributed by atoms with Crippen molar-refractivity contribution >= 4 is 43.1 Å². The molecule has 0 aromatic heterocycles. The third-order valence-electron chi connectivity index (χ3n) is 6.27. The fraction of sp³-hybridized carbons (Fsp3) is 0.133. The van der Waals surface area contributed by atoms with Crippen LogP contribution in [0.1, 0.15) is 0 Å². The quantitative estimate of drug-likeness (QED) is 0.187. The molecule has 6 aromatic carbocycles. The number of benzene rings is 4. The first-order chi connectivity index (χ1) is 16.7. The number of ether oxygens (including phenoxy) is 4. The first kappa shape index (κ1) is 24.7. The van der Waals surface area contributed by atoms with Crippen molar-refractivity contribution in [3.8, 4) is 23.0 Å². The van der Waals surface area contributed by atoms with Crippen molar-refractivity contribution in [3.63, 3.8) is 0 Å². The predicted octanol–water partition coefficient (Wildman–Crippen LogP) is 7.46. The minimum absolute atomic E-state index is 0. The summed E-state index contributed by atoms with van der Waals surface area (Å²) in [7, 11) is 6.67. The molecular weight excluding hydrogens is 472 g/mol. The zero-order valence-electron chi connectivity index (χ0n) is 20.2. The van der Waals surface area contributed by atoms with Gasteiger partial charge in [-0.1, -0.05) is 59.3 Å². The molecule has 0 aliphatic rings. The third-order valence-corrected chi connectivity index (χ3v) is 6.27. The number of rotatable bonds is 4. The largest absolute Gasteiger partial charge is 2.00 e. The molecule has 0 aliphatic carbocycles. The summed E-state index contributed by atoms with van der Waals surface area (Å²) in [4.78, 5) is 0. The van der Waals surface area contributed by atoms with Crippen LogP contribution in [0.5, 0.6) is 23.0 Å². The molecule has 0 fully saturated rings. The Morgan fingerprint density at radius 3 is 1.23 bits per heavy atom. The van der Waals surface area contributed by atoms with E-state index in [1.165, 1.54) is 32.3 Å². The van der Waals surface area contributed by atoms with Gasteiger partial charge in [0.1, 0.15) is 23.0 Å². The van der Waals surface area contributed by atoms with Gasteiger partial charge in [0.05, 0.1) is 28.4 Å². The van der Waals surface area contributed by atoms with Gasteiger partial charge in [-0.15, -0.1) is 56.6 Å². The van der Waals surface area contributed by atoms with E-state index in [-0.39, 0.29) is 21.7 Å². The molecule has 0 spiro atoms. The third kappa shape index (κ3) is 4.24. The summed E-state index contributed by atoms with van der Waals surface area (Å²) < 4.78 is 21.5. The van der Waals surface area contributed by atoms with Crippen LogP contribution in [0.3, 0.4) is 0 Å². The zero-order valence-corrected chi connectivity index (χ0v) is 21.8. The zero-order chi connectivity index (χ0) is 23.7. The summed E-state index contributed by atoms with van der Waals surface area (Å²) in [5.41, 5.74) is 0. The van der Waals surface area contributed by atoms with E-state index in [0.29, 0.717) is 0 Å². The minimum atomic E-state index is 0. The SMILES string of the molecule is COc1ccc2c([cH-]c3ccccc32)c1OC.COc1ccc2c([cH-]c3ccccc32)c1OC.[Ti+2]. The van der Waals surface area contributed by atoms with Gasteiger partial charge >= 0.3 is 21.7 Å². The maximum atomic E-state index is 5.45. The molecule has 35 heavy (non-hydrogen) atoms. The Morgan fingerprint density at radius 2 is 0.857 bits per heavy atom. The Bertz CT molecular complexity index is 1490. The molecule has 4 nitrogen and oxygen atoms in total. The van der Waals surface area contributed by atoms with Crippen LogP contribution >= 0.6 is 0 Å². The average Bonchev–Trinajstić information content (AvgIpc) is 3.46. The van der Waals surface area contributed by atoms with E-state index < -0.39 is 0 Å².